The highest BCUT2D eigenvalue weighted by atomic mass is 79.9. The van der Waals surface area contributed by atoms with Gasteiger partial charge in [-0.15, -0.1) is 0 Å². The summed E-state index contributed by atoms with van der Waals surface area (Å²) >= 11 is 4.44. The highest BCUT2D eigenvalue weighted by Gasteiger charge is 2.47. The summed E-state index contributed by atoms with van der Waals surface area (Å²) in [4.78, 5) is 0. The van der Waals surface area contributed by atoms with Crippen LogP contribution in [0.5, 0.6) is 0 Å². The zero-order chi connectivity index (χ0) is 30.2. The van der Waals surface area contributed by atoms with E-state index in [1.54, 1.807) is 0 Å². The summed E-state index contributed by atoms with van der Waals surface area (Å²) in [6.07, 6.45) is 16.1. The maximum absolute atomic E-state index is 5.85. The van der Waals surface area contributed by atoms with Crippen molar-refractivity contribution in [2.24, 2.45) is 0 Å². The first-order valence-electron chi connectivity index (χ1n) is 16.1. The number of unbranched alkanes of at least 4 members (excludes halogenated alkanes) is 4. The van der Waals surface area contributed by atoms with Crippen LogP contribution in [0, 0.1) is 20.8 Å². The summed E-state index contributed by atoms with van der Waals surface area (Å²) in [6.45, 7) is 12.7. The summed E-state index contributed by atoms with van der Waals surface area (Å²) in [6, 6.07) is 24.7. The molecule has 0 spiro atoms. The van der Waals surface area contributed by atoms with Gasteiger partial charge in [0.2, 0.25) is 0 Å². The van der Waals surface area contributed by atoms with Crippen molar-refractivity contribution in [1.82, 2.24) is 0 Å². The molecule has 3 aromatic carbocycles. The van der Waals surface area contributed by atoms with Gasteiger partial charge in [0, 0.05) is 13.2 Å². The van der Waals surface area contributed by atoms with E-state index in [0.29, 0.717) is 0 Å². The molecule has 0 radical (unpaired) electrons. The monoisotopic (exact) mass is 651 g/mol. The first-order valence-corrected chi connectivity index (χ1v) is 19.9. The number of hydrogen-bond acceptors (Lipinski definition) is 2. The lowest BCUT2D eigenvalue weighted by molar-refractivity contribution is -0.146. The van der Waals surface area contributed by atoms with Gasteiger partial charge >= 0.3 is 0 Å². The van der Waals surface area contributed by atoms with Crippen LogP contribution in [0.4, 0.5) is 0 Å². The van der Waals surface area contributed by atoms with Gasteiger partial charge in [-0.3, -0.25) is 0 Å². The average Bonchev–Trinajstić information content (AvgIpc) is 2.99. The van der Waals surface area contributed by atoms with Crippen LogP contribution in [0.3, 0.4) is 0 Å². The standard InChI is InChI=1S/C38H53BrO2P/c1-6-29-40-38(41-30-7-2)28-15-13-11-9-8-10-12-14-23-34-24-20-27-37(33(34)5)42(39,35-25-18-16-21-31(35)3)36-26-19-17-22-32(36)4/h8,10,16-22,24-27,38H,6-7,9,11-15,23,28-30H2,1-5H3/q+1/b10-8-. The van der Waals surface area contributed by atoms with Crippen LogP contribution in [0.2, 0.25) is 0 Å². The molecule has 0 saturated carbocycles. The molecule has 228 valence electrons. The Bertz CT molecular complexity index is 1180. The van der Waals surface area contributed by atoms with Crippen molar-refractivity contribution >= 4 is 37.4 Å². The number of allylic oxidation sites excluding steroid dienone is 2. The van der Waals surface area contributed by atoms with Crippen LogP contribution in [-0.4, -0.2) is 19.5 Å². The number of aryl methyl sites for hydroxylation is 3. The van der Waals surface area contributed by atoms with E-state index < -0.39 is 5.96 Å². The van der Waals surface area contributed by atoms with Crippen molar-refractivity contribution in [2.75, 3.05) is 13.2 Å². The Kier molecular flexibility index (Phi) is 15.5. The average molecular weight is 653 g/mol. The Morgan fingerprint density at radius 1 is 0.667 bits per heavy atom. The molecule has 0 aliphatic rings. The molecular formula is C38H53BrO2P+. The van der Waals surface area contributed by atoms with Crippen molar-refractivity contribution in [1.29, 1.82) is 0 Å². The summed E-state index contributed by atoms with van der Waals surface area (Å²) in [5.41, 5.74) is 5.59. The van der Waals surface area contributed by atoms with E-state index in [-0.39, 0.29) is 6.29 Å². The molecule has 2 nitrogen and oxygen atoms in total. The molecule has 0 aromatic heterocycles. The van der Waals surface area contributed by atoms with E-state index in [1.807, 2.05) is 0 Å². The maximum Gasteiger partial charge on any atom is 0.181 e. The molecule has 0 heterocycles. The number of hydrogen-bond donors (Lipinski definition) is 0. The van der Waals surface area contributed by atoms with Gasteiger partial charge in [-0.05, 0) is 119 Å². The van der Waals surface area contributed by atoms with E-state index >= 15 is 0 Å². The number of rotatable bonds is 19. The summed E-state index contributed by atoms with van der Waals surface area (Å²) in [5, 5.41) is 4.28. The topological polar surface area (TPSA) is 18.5 Å². The summed E-state index contributed by atoms with van der Waals surface area (Å²) in [7, 11) is 0. The molecule has 0 saturated heterocycles. The molecular weight excluding hydrogens is 599 g/mol. The molecule has 0 unspecified atom stereocenters. The zero-order valence-electron chi connectivity index (χ0n) is 26.7. The Morgan fingerprint density at radius 2 is 1.21 bits per heavy atom. The van der Waals surface area contributed by atoms with Crippen molar-refractivity contribution in [2.45, 2.75) is 105 Å². The normalized spacial score (nSPS) is 12.1. The number of benzene rings is 3. The lowest BCUT2D eigenvalue weighted by Crippen LogP contribution is -2.31. The van der Waals surface area contributed by atoms with E-state index in [4.69, 9.17) is 9.47 Å². The molecule has 0 bridgehead atoms. The van der Waals surface area contributed by atoms with E-state index in [1.165, 1.54) is 63.9 Å². The summed E-state index contributed by atoms with van der Waals surface area (Å²) in [5.74, 6) is -1.96. The third-order valence-corrected chi connectivity index (χ3v) is 14.9. The first kappa shape index (κ1) is 34.7. The fourth-order valence-electron chi connectivity index (χ4n) is 5.59. The molecule has 3 rings (SSSR count). The lowest BCUT2D eigenvalue weighted by Gasteiger charge is -2.25. The molecule has 0 fully saturated rings. The fraction of sp³-hybridized carbons (Fsp3) is 0.474. The van der Waals surface area contributed by atoms with Crippen LogP contribution in [0.1, 0.15) is 93.9 Å². The van der Waals surface area contributed by atoms with Gasteiger partial charge in [0.05, 0.1) is 0 Å². The Balaban J connectivity index is 1.56. The second-order valence-electron chi connectivity index (χ2n) is 11.4. The molecule has 4 heteroatoms. The molecule has 42 heavy (non-hydrogen) atoms. The van der Waals surface area contributed by atoms with Crippen molar-refractivity contribution in [3.63, 3.8) is 0 Å². The molecule has 0 aliphatic heterocycles. The minimum absolute atomic E-state index is 0.0207. The Labute approximate surface area is 265 Å². The Morgan fingerprint density at radius 3 is 1.79 bits per heavy atom. The van der Waals surface area contributed by atoms with Gasteiger partial charge in [0.1, 0.15) is 15.9 Å². The Hall–Kier alpha value is -1.77. The molecule has 0 N–H and O–H groups in total. The fourth-order valence-corrected chi connectivity index (χ4v) is 12.5. The van der Waals surface area contributed by atoms with E-state index in [2.05, 4.69) is 129 Å². The van der Waals surface area contributed by atoms with Gasteiger partial charge < -0.3 is 9.47 Å². The predicted octanol–water partition coefficient (Wildman–Crippen LogP) is 10.2. The number of halogens is 1. The minimum atomic E-state index is -1.96. The van der Waals surface area contributed by atoms with Gasteiger partial charge in [-0.1, -0.05) is 81.0 Å². The SMILES string of the molecule is CCCOC(CCCCC/C=C\CCCc1cccc([P+](Br)(c2ccccc2C)c2ccccc2C)c1C)OCCC. The third-order valence-electron chi connectivity index (χ3n) is 7.95. The van der Waals surface area contributed by atoms with Gasteiger partial charge in [-0.25, -0.2) is 0 Å². The van der Waals surface area contributed by atoms with Crippen molar-refractivity contribution in [3.05, 3.63) is 101 Å². The van der Waals surface area contributed by atoms with Crippen molar-refractivity contribution in [3.8, 4) is 0 Å². The third kappa shape index (κ3) is 9.88. The molecule has 0 aliphatic carbocycles. The van der Waals surface area contributed by atoms with Gasteiger partial charge in [-0.2, -0.15) is 0 Å². The smallest absolute Gasteiger partial charge is 0.181 e. The highest BCUT2D eigenvalue weighted by molar-refractivity contribution is 9.44. The van der Waals surface area contributed by atoms with Gasteiger partial charge in [0.15, 0.2) is 27.7 Å². The summed E-state index contributed by atoms with van der Waals surface area (Å²) < 4.78 is 11.7. The van der Waals surface area contributed by atoms with Gasteiger partial charge in [0.25, 0.3) is 0 Å². The number of ether oxygens (including phenoxy) is 2. The van der Waals surface area contributed by atoms with E-state index in [9.17, 15) is 0 Å². The van der Waals surface area contributed by atoms with Crippen LogP contribution < -0.4 is 15.9 Å². The van der Waals surface area contributed by atoms with E-state index in [0.717, 1.165) is 51.7 Å². The predicted molar refractivity (Wildman–Crippen MR) is 190 cm³/mol. The van der Waals surface area contributed by atoms with Crippen LogP contribution in [0.15, 0.2) is 78.9 Å². The second kappa shape index (κ2) is 18.8. The van der Waals surface area contributed by atoms with Crippen LogP contribution in [0.25, 0.3) is 0 Å². The van der Waals surface area contributed by atoms with Crippen LogP contribution in [-0.2, 0) is 15.9 Å². The lowest BCUT2D eigenvalue weighted by atomic mass is 10.0. The van der Waals surface area contributed by atoms with Crippen LogP contribution >= 0.6 is 21.5 Å². The largest absolute Gasteiger partial charge is 0.353 e. The highest BCUT2D eigenvalue weighted by Crippen LogP contribution is 2.64. The second-order valence-corrected chi connectivity index (χ2v) is 17.2. The maximum atomic E-state index is 5.85. The quantitative estimate of drug-likeness (QED) is 0.0556. The molecule has 0 amide bonds. The zero-order valence-corrected chi connectivity index (χ0v) is 29.2. The first-order chi connectivity index (χ1) is 20.4. The molecule has 0 atom stereocenters. The molecule has 3 aromatic rings. The van der Waals surface area contributed by atoms with Crippen molar-refractivity contribution < 1.29 is 9.47 Å². The minimum Gasteiger partial charge on any atom is -0.353 e.